The molecule has 0 radical (unpaired) electrons. The molecular formula is C36H63N3O6. The Labute approximate surface area is 272 Å². The average molecular weight is 634 g/mol. The fourth-order valence-electron chi connectivity index (χ4n) is 6.26. The third-order valence-electron chi connectivity index (χ3n) is 9.41. The maximum atomic E-state index is 13.8. The van der Waals surface area contributed by atoms with Crippen molar-refractivity contribution >= 4 is 11.8 Å². The first-order valence-electron chi connectivity index (χ1n) is 16.9. The molecule has 1 aliphatic carbocycles. The molecule has 0 heterocycles. The summed E-state index contributed by atoms with van der Waals surface area (Å²) in [4.78, 5) is 26.4. The second-order valence-electron chi connectivity index (χ2n) is 14.9. The number of hydrogen-bond donors (Lipinski definition) is 4. The van der Waals surface area contributed by atoms with Crippen LogP contribution in [-0.2, 0) is 20.7 Å². The molecule has 0 bridgehead atoms. The van der Waals surface area contributed by atoms with Gasteiger partial charge in [-0.2, -0.15) is 0 Å². The van der Waals surface area contributed by atoms with Gasteiger partial charge in [-0.1, -0.05) is 66.9 Å². The number of aliphatic hydroxyl groups excluding tert-OH is 1. The second kappa shape index (κ2) is 17.5. The van der Waals surface area contributed by atoms with E-state index in [4.69, 9.17) is 19.9 Å². The smallest absolute Gasteiger partial charge is 0.225 e. The van der Waals surface area contributed by atoms with Crippen LogP contribution >= 0.6 is 0 Å². The van der Waals surface area contributed by atoms with Crippen molar-refractivity contribution < 1.29 is 28.9 Å². The normalized spacial score (nSPS) is 18.1. The Morgan fingerprint density at radius 2 is 1.73 bits per heavy atom. The Kier molecular flexibility index (Phi) is 15.1. The highest BCUT2D eigenvalue weighted by molar-refractivity contribution is 5.82. The fraction of sp³-hybridized carbons (Fsp3) is 0.778. The molecular weight excluding hydrogens is 570 g/mol. The Morgan fingerprint density at radius 3 is 2.29 bits per heavy atom. The number of hydrogen-bond acceptors (Lipinski definition) is 7. The zero-order chi connectivity index (χ0) is 33.8. The van der Waals surface area contributed by atoms with Crippen molar-refractivity contribution in [3.8, 4) is 11.5 Å². The van der Waals surface area contributed by atoms with Crippen molar-refractivity contribution in [1.82, 2.24) is 10.6 Å². The molecule has 1 aromatic rings. The highest BCUT2D eigenvalue weighted by Gasteiger charge is 2.41. The Hall–Kier alpha value is -2.36. The number of ether oxygens (including phenoxy) is 3. The third kappa shape index (κ3) is 12.1. The number of rotatable bonds is 19. The minimum atomic E-state index is -0.883. The van der Waals surface area contributed by atoms with Crippen molar-refractivity contribution in [3.05, 3.63) is 23.8 Å². The summed E-state index contributed by atoms with van der Waals surface area (Å²) < 4.78 is 16.6. The Bertz CT molecular complexity index is 1060. The second-order valence-corrected chi connectivity index (χ2v) is 14.9. The molecule has 1 aliphatic rings. The summed E-state index contributed by atoms with van der Waals surface area (Å²) in [6, 6.07) is 6.01. The van der Waals surface area contributed by atoms with E-state index in [1.54, 1.807) is 14.2 Å². The highest BCUT2D eigenvalue weighted by Crippen LogP contribution is 2.34. The molecule has 0 spiro atoms. The van der Waals surface area contributed by atoms with E-state index in [1.807, 2.05) is 53.7 Å². The standard InChI is InChI=1S/C36H63N3O6/c1-10-26(20-27-14-15-29(44-9)30(21-27)45-19-13-18-43-8)23-35(7,37)31(40)22-28(25(2)3)32(41)39-36(16-11-12-17-36)24-38-33(42)34(4,5)6/h14-15,21,25-26,28,31,40H,10-13,16-20,22-24,37H2,1-9H3,(H,38,42)(H,39,41)/t26-,28-,31-,35-/m0/s1. The summed E-state index contributed by atoms with van der Waals surface area (Å²) in [5.74, 6) is 1.14. The fourth-order valence-corrected chi connectivity index (χ4v) is 6.26. The van der Waals surface area contributed by atoms with E-state index in [-0.39, 0.29) is 30.1 Å². The molecule has 1 fully saturated rings. The van der Waals surface area contributed by atoms with Crippen molar-refractivity contribution in [2.75, 3.05) is 34.0 Å². The SMILES string of the molecule is CC[C@@H](Cc1ccc(OC)c(OCCCOC)c1)C[C@](C)(N)[C@@H](O)C[C@H](C(=O)NC1(CNC(=O)C(C)(C)C)CCCC1)C(C)C. The Morgan fingerprint density at radius 1 is 1.07 bits per heavy atom. The van der Waals surface area contributed by atoms with E-state index in [2.05, 4.69) is 23.6 Å². The number of nitrogens with two attached hydrogens (primary N) is 1. The van der Waals surface area contributed by atoms with Crippen molar-refractivity contribution in [1.29, 1.82) is 0 Å². The summed E-state index contributed by atoms with van der Waals surface area (Å²) in [5, 5.41) is 17.9. The van der Waals surface area contributed by atoms with Gasteiger partial charge in [-0.25, -0.2) is 0 Å². The number of methoxy groups -OCH3 is 2. The van der Waals surface area contributed by atoms with E-state index >= 15 is 0 Å². The summed E-state index contributed by atoms with van der Waals surface area (Å²) in [7, 11) is 3.31. The lowest BCUT2D eigenvalue weighted by Crippen LogP contribution is -2.57. The van der Waals surface area contributed by atoms with Gasteiger partial charge in [0, 0.05) is 43.6 Å². The molecule has 258 valence electrons. The minimum absolute atomic E-state index is 0.0154. The highest BCUT2D eigenvalue weighted by atomic mass is 16.5. The monoisotopic (exact) mass is 633 g/mol. The van der Waals surface area contributed by atoms with Crippen LogP contribution in [0.2, 0.25) is 0 Å². The van der Waals surface area contributed by atoms with Gasteiger partial charge in [0.15, 0.2) is 11.5 Å². The van der Waals surface area contributed by atoms with Crippen LogP contribution in [0.5, 0.6) is 11.5 Å². The minimum Gasteiger partial charge on any atom is -0.493 e. The lowest BCUT2D eigenvalue weighted by molar-refractivity contribution is -0.132. The summed E-state index contributed by atoms with van der Waals surface area (Å²) in [5.41, 5.74) is 6.12. The summed E-state index contributed by atoms with van der Waals surface area (Å²) in [6.07, 6.45) is 6.16. The quantitative estimate of drug-likeness (QED) is 0.150. The molecule has 1 saturated carbocycles. The van der Waals surface area contributed by atoms with Gasteiger partial charge in [0.25, 0.3) is 0 Å². The zero-order valence-electron chi connectivity index (χ0n) is 29.6. The number of benzene rings is 1. The van der Waals surface area contributed by atoms with Crippen LogP contribution in [0.15, 0.2) is 18.2 Å². The largest absolute Gasteiger partial charge is 0.493 e. The van der Waals surface area contributed by atoms with Gasteiger partial charge in [0.1, 0.15) is 0 Å². The number of carbonyl (C=O) groups is 2. The van der Waals surface area contributed by atoms with E-state index in [0.717, 1.165) is 50.5 Å². The van der Waals surface area contributed by atoms with Crippen molar-refractivity contribution in [3.63, 3.8) is 0 Å². The Balaban J connectivity index is 2.08. The molecule has 45 heavy (non-hydrogen) atoms. The van der Waals surface area contributed by atoms with Crippen LogP contribution in [0.3, 0.4) is 0 Å². The van der Waals surface area contributed by atoms with Gasteiger partial charge >= 0.3 is 0 Å². The van der Waals surface area contributed by atoms with E-state index in [0.29, 0.717) is 37.7 Å². The van der Waals surface area contributed by atoms with Crippen LogP contribution in [0.1, 0.15) is 105 Å². The molecule has 4 atom stereocenters. The molecule has 1 aromatic carbocycles. The zero-order valence-corrected chi connectivity index (χ0v) is 29.6. The van der Waals surface area contributed by atoms with E-state index in [9.17, 15) is 14.7 Å². The molecule has 0 aromatic heterocycles. The van der Waals surface area contributed by atoms with Crippen molar-refractivity contribution in [2.24, 2.45) is 28.9 Å². The van der Waals surface area contributed by atoms with E-state index < -0.39 is 28.5 Å². The van der Waals surface area contributed by atoms with Gasteiger partial charge in [0.2, 0.25) is 11.8 Å². The predicted octanol–water partition coefficient (Wildman–Crippen LogP) is 5.40. The first kappa shape index (κ1) is 38.8. The van der Waals surface area contributed by atoms with Crippen LogP contribution in [-0.4, -0.2) is 68.1 Å². The van der Waals surface area contributed by atoms with Crippen LogP contribution < -0.4 is 25.8 Å². The lowest BCUT2D eigenvalue weighted by atomic mass is 9.77. The molecule has 0 unspecified atom stereocenters. The van der Waals surface area contributed by atoms with Crippen LogP contribution in [0, 0.1) is 23.2 Å². The molecule has 5 N–H and O–H groups in total. The van der Waals surface area contributed by atoms with Crippen LogP contribution in [0.25, 0.3) is 0 Å². The first-order chi connectivity index (χ1) is 21.1. The average Bonchev–Trinajstić information content (AvgIpc) is 3.43. The molecule has 2 rings (SSSR count). The number of carbonyl (C=O) groups excluding carboxylic acids is 2. The van der Waals surface area contributed by atoms with Gasteiger partial charge in [0.05, 0.1) is 25.4 Å². The predicted molar refractivity (Wildman–Crippen MR) is 180 cm³/mol. The number of nitrogens with one attached hydrogen (secondary N) is 2. The summed E-state index contributed by atoms with van der Waals surface area (Å²) in [6.45, 7) is 15.3. The lowest BCUT2D eigenvalue weighted by Gasteiger charge is -2.38. The topological polar surface area (TPSA) is 132 Å². The first-order valence-corrected chi connectivity index (χ1v) is 16.9. The molecule has 0 saturated heterocycles. The summed E-state index contributed by atoms with van der Waals surface area (Å²) >= 11 is 0. The molecule has 9 nitrogen and oxygen atoms in total. The maximum absolute atomic E-state index is 13.8. The molecule has 9 heteroatoms. The van der Waals surface area contributed by atoms with Gasteiger partial charge in [-0.15, -0.1) is 0 Å². The van der Waals surface area contributed by atoms with Gasteiger partial charge < -0.3 is 35.7 Å². The molecule has 2 amide bonds. The maximum Gasteiger partial charge on any atom is 0.225 e. The van der Waals surface area contributed by atoms with Crippen LogP contribution in [0.4, 0.5) is 0 Å². The van der Waals surface area contributed by atoms with E-state index in [1.165, 1.54) is 0 Å². The third-order valence-corrected chi connectivity index (χ3v) is 9.41. The number of amides is 2. The van der Waals surface area contributed by atoms with Gasteiger partial charge in [-0.05, 0) is 68.6 Å². The van der Waals surface area contributed by atoms with Crippen molar-refractivity contribution in [2.45, 2.75) is 123 Å². The molecule has 0 aliphatic heterocycles. The number of aliphatic hydroxyl groups is 1. The van der Waals surface area contributed by atoms with Gasteiger partial charge in [-0.3, -0.25) is 9.59 Å².